The second-order valence-corrected chi connectivity index (χ2v) is 9.91. The third-order valence-corrected chi connectivity index (χ3v) is 7.57. The normalized spacial score (nSPS) is 22.9. The van der Waals surface area contributed by atoms with Crippen LogP contribution in [-0.2, 0) is 16.3 Å². The van der Waals surface area contributed by atoms with Gasteiger partial charge in [-0.05, 0) is 30.3 Å². The van der Waals surface area contributed by atoms with Crippen LogP contribution in [0.5, 0.6) is 0 Å². The van der Waals surface area contributed by atoms with Crippen molar-refractivity contribution in [1.29, 1.82) is 0 Å². The van der Waals surface area contributed by atoms with Crippen LogP contribution < -0.4 is 10.6 Å². The number of amidine groups is 1. The summed E-state index contributed by atoms with van der Waals surface area (Å²) in [6.45, 7) is 0.490. The average molecular weight is 406 g/mol. The van der Waals surface area contributed by atoms with Crippen molar-refractivity contribution in [3.63, 3.8) is 0 Å². The van der Waals surface area contributed by atoms with Gasteiger partial charge in [-0.2, -0.15) is 0 Å². The molecule has 0 saturated carbocycles. The Hall–Kier alpha value is -2.26. The van der Waals surface area contributed by atoms with Crippen molar-refractivity contribution in [1.82, 2.24) is 5.32 Å². The molecule has 0 unspecified atom stereocenters. The van der Waals surface area contributed by atoms with Gasteiger partial charge in [-0.3, -0.25) is 9.79 Å². The van der Waals surface area contributed by atoms with Crippen LogP contribution in [0.3, 0.4) is 0 Å². The fraction of sp³-hybridized carbons (Fsp3) is 0.333. The maximum Gasteiger partial charge on any atom is 0.251 e. The number of fused-ring (bicyclic) bond motifs is 1. The zero-order valence-corrected chi connectivity index (χ0v) is 16.1. The standard InChI is InChI=1S/C18H19N3O4S2/c22-17(19-7-6-14-5-2-8-25-14)12-3-1-4-13(9-12)20-18-21-15-10-27(23,24)11-16(15)26-18/h1-5,8-9,15-16H,6-7,10-11H2,(H,19,22)(H,20,21)/t15-,16-/m1/s1. The van der Waals surface area contributed by atoms with Gasteiger partial charge in [-0.1, -0.05) is 17.8 Å². The molecule has 1 amide bonds. The number of thioether (sulfide) groups is 1. The molecule has 0 spiro atoms. The molecule has 4 rings (SSSR count). The SMILES string of the molecule is O=C(NCCc1ccco1)c1cccc(NC2=N[C@@H]3CS(=O)(=O)C[C@H]3S2)c1. The molecule has 142 valence electrons. The largest absolute Gasteiger partial charge is 0.469 e. The van der Waals surface area contributed by atoms with Gasteiger partial charge in [-0.15, -0.1) is 0 Å². The maximum atomic E-state index is 12.3. The lowest BCUT2D eigenvalue weighted by molar-refractivity contribution is 0.0953. The van der Waals surface area contributed by atoms with Crippen LogP contribution in [-0.4, -0.2) is 48.8 Å². The third-order valence-electron chi connectivity index (χ3n) is 4.43. The maximum absolute atomic E-state index is 12.3. The van der Waals surface area contributed by atoms with Crippen molar-refractivity contribution in [2.24, 2.45) is 4.99 Å². The minimum Gasteiger partial charge on any atom is -0.469 e. The van der Waals surface area contributed by atoms with E-state index in [1.165, 1.54) is 11.8 Å². The van der Waals surface area contributed by atoms with Gasteiger partial charge in [0.05, 0.1) is 23.8 Å². The van der Waals surface area contributed by atoms with Gasteiger partial charge in [0.2, 0.25) is 0 Å². The minimum absolute atomic E-state index is 0.00872. The van der Waals surface area contributed by atoms with Crippen LogP contribution in [0, 0.1) is 0 Å². The number of carbonyl (C=O) groups excluding carboxylic acids is 1. The van der Waals surface area contributed by atoms with Crippen molar-refractivity contribution in [3.05, 3.63) is 54.0 Å². The molecule has 1 fully saturated rings. The van der Waals surface area contributed by atoms with Crippen LogP contribution in [0.15, 0.2) is 52.1 Å². The molecule has 1 saturated heterocycles. The summed E-state index contributed by atoms with van der Waals surface area (Å²) in [5.41, 5.74) is 1.30. The molecule has 7 nitrogen and oxygen atoms in total. The summed E-state index contributed by atoms with van der Waals surface area (Å²) < 4.78 is 28.5. The fourth-order valence-electron chi connectivity index (χ4n) is 3.13. The molecule has 2 atom stereocenters. The van der Waals surface area contributed by atoms with Crippen LogP contribution in [0.1, 0.15) is 16.1 Å². The number of carbonyl (C=O) groups is 1. The minimum atomic E-state index is -2.96. The van der Waals surface area contributed by atoms with Crippen LogP contribution >= 0.6 is 11.8 Å². The zero-order valence-electron chi connectivity index (χ0n) is 14.4. The highest BCUT2D eigenvalue weighted by atomic mass is 32.2. The molecule has 1 aromatic heterocycles. The number of hydrogen-bond acceptors (Lipinski definition) is 7. The highest BCUT2D eigenvalue weighted by molar-refractivity contribution is 8.15. The molecule has 0 bridgehead atoms. The van der Waals surface area contributed by atoms with Crippen molar-refractivity contribution < 1.29 is 17.6 Å². The molecule has 27 heavy (non-hydrogen) atoms. The molecule has 1 aromatic carbocycles. The molecule has 2 aliphatic heterocycles. The van der Waals surface area contributed by atoms with Crippen molar-refractivity contribution in [3.8, 4) is 0 Å². The van der Waals surface area contributed by atoms with E-state index in [9.17, 15) is 13.2 Å². The first kappa shape index (κ1) is 18.1. The Labute approximate surface area is 161 Å². The Bertz CT molecular complexity index is 970. The van der Waals surface area contributed by atoms with Gasteiger partial charge in [0.25, 0.3) is 5.91 Å². The number of aliphatic imine (C=N–C) groups is 1. The summed E-state index contributed by atoms with van der Waals surface area (Å²) in [5.74, 6) is 0.965. The number of anilines is 1. The van der Waals surface area contributed by atoms with Gasteiger partial charge >= 0.3 is 0 Å². The predicted molar refractivity (Wildman–Crippen MR) is 106 cm³/mol. The van der Waals surface area contributed by atoms with Crippen LogP contribution in [0.4, 0.5) is 5.69 Å². The summed E-state index contributed by atoms with van der Waals surface area (Å²) in [4.78, 5) is 16.8. The summed E-state index contributed by atoms with van der Waals surface area (Å²) in [6, 6.07) is 10.7. The second kappa shape index (κ2) is 7.40. The Morgan fingerprint density at radius 1 is 1.26 bits per heavy atom. The van der Waals surface area contributed by atoms with E-state index in [1.54, 1.807) is 24.5 Å². The Kier molecular flexibility index (Phi) is 4.96. The van der Waals surface area contributed by atoms with Gasteiger partial charge in [-0.25, -0.2) is 8.42 Å². The lowest BCUT2D eigenvalue weighted by Gasteiger charge is -2.09. The van der Waals surface area contributed by atoms with Crippen molar-refractivity contribution in [2.45, 2.75) is 17.7 Å². The van der Waals surface area contributed by atoms with E-state index >= 15 is 0 Å². The molecular formula is C18H19N3O4S2. The highest BCUT2D eigenvalue weighted by Crippen LogP contribution is 2.34. The van der Waals surface area contributed by atoms with Crippen LogP contribution in [0.25, 0.3) is 0 Å². The summed E-state index contributed by atoms with van der Waals surface area (Å²) >= 11 is 1.45. The predicted octanol–water partition coefficient (Wildman–Crippen LogP) is 1.93. The zero-order chi connectivity index (χ0) is 18.9. The summed E-state index contributed by atoms with van der Waals surface area (Å²) in [7, 11) is -2.96. The first-order valence-corrected chi connectivity index (χ1v) is 11.3. The number of nitrogens with zero attached hydrogens (tertiary/aromatic N) is 1. The number of amides is 1. The number of furan rings is 1. The van der Waals surface area contributed by atoms with E-state index in [2.05, 4.69) is 15.6 Å². The molecule has 2 aliphatic rings. The molecule has 0 aliphatic carbocycles. The Morgan fingerprint density at radius 2 is 2.15 bits per heavy atom. The van der Waals surface area contributed by atoms with E-state index in [0.717, 1.165) is 11.4 Å². The number of nitrogens with one attached hydrogen (secondary N) is 2. The smallest absolute Gasteiger partial charge is 0.251 e. The third kappa shape index (κ3) is 4.36. The highest BCUT2D eigenvalue weighted by Gasteiger charge is 2.42. The Balaban J connectivity index is 1.34. The van der Waals surface area contributed by atoms with E-state index in [4.69, 9.17) is 4.42 Å². The molecule has 3 heterocycles. The lowest BCUT2D eigenvalue weighted by atomic mass is 10.2. The molecule has 9 heteroatoms. The molecule has 0 radical (unpaired) electrons. The van der Waals surface area contributed by atoms with Gasteiger partial charge in [0.15, 0.2) is 15.0 Å². The van der Waals surface area contributed by atoms with E-state index in [1.807, 2.05) is 18.2 Å². The van der Waals surface area contributed by atoms with E-state index in [0.29, 0.717) is 23.7 Å². The van der Waals surface area contributed by atoms with Gasteiger partial charge in [0, 0.05) is 29.5 Å². The summed E-state index contributed by atoms with van der Waals surface area (Å²) in [6.07, 6.45) is 2.25. The van der Waals surface area contributed by atoms with E-state index in [-0.39, 0.29) is 28.7 Å². The molecule has 2 N–H and O–H groups in total. The lowest BCUT2D eigenvalue weighted by Crippen LogP contribution is -2.25. The van der Waals surface area contributed by atoms with Crippen LogP contribution in [0.2, 0.25) is 0 Å². The second-order valence-electron chi connectivity index (χ2n) is 6.53. The number of sulfone groups is 1. The fourth-order valence-corrected chi connectivity index (χ4v) is 6.81. The number of hydrogen-bond donors (Lipinski definition) is 2. The first-order valence-electron chi connectivity index (χ1n) is 8.61. The number of rotatable bonds is 5. The monoisotopic (exact) mass is 405 g/mol. The van der Waals surface area contributed by atoms with Crippen molar-refractivity contribution in [2.75, 3.05) is 23.4 Å². The average Bonchev–Trinajstić information content (AvgIpc) is 3.30. The quantitative estimate of drug-likeness (QED) is 0.788. The first-order chi connectivity index (χ1) is 13.0. The molecular weight excluding hydrogens is 386 g/mol. The Morgan fingerprint density at radius 3 is 2.93 bits per heavy atom. The topological polar surface area (TPSA) is 101 Å². The molecule has 2 aromatic rings. The number of benzene rings is 1. The van der Waals surface area contributed by atoms with Gasteiger partial charge in [0.1, 0.15) is 5.76 Å². The van der Waals surface area contributed by atoms with E-state index < -0.39 is 9.84 Å². The summed E-state index contributed by atoms with van der Waals surface area (Å²) in [5, 5.41) is 6.76. The van der Waals surface area contributed by atoms with Crippen molar-refractivity contribution >= 4 is 38.4 Å². The van der Waals surface area contributed by atoms with Gasteiger partial charge < -0.3 is 15.1 Å².